The average Bonchev–Trinajstić information content (AvgIpc) is 2.69. The van der Waals surface area contributed by atoms with E-state index in [0.717, 1.165) is 31.4 Å². The van der Waals surface area contributed by atoms with Crippen LogP contribution in [0, 0.1) is 0 Å². The number of aromatic nitrogens is 1. The summed E-state index contributed by atoms with van der Waals surface area (Å²) in [4.78, 5) is 13.7. The van der Waals surface area contributed by atoms with E-state index in [1.807, 2.05) is 31.3 Å². The third kappa shape index (κ3) is 6.68. The standard InChI is InChI=1S/C21H29N5.HI/c1-25(2)21(23-16-18-9-5-3-6-10-18)24-17-19-11-12-22-20(15-19)26-13-7-4-8-14-26;/h3,5-6,9-12,15H,4,7-8,13-14,16-17H2,1-2H3,(H,23,24);1H. The van der Waals surface area contributed by atoms with E-state index in [1.165, 1.54) is 30.4 Å². The van der Waals surface area contributed by atoms with Gasteiger partial charge in [0, 0.05) is 39.9 Å². The van der Waals surface area contributed by atoms with Gasteiger partial charge in [0.05, 0.1) is 6.54 Å². The minimum Gasteiger partial charge on any atom is -0.357 e. The minimum atomic E-state index is 0. The predicted molar refractivity (Wildman–Crippen MR) is 124 cm³/mol. The Morgan fingerprint density at radius 1 is 1.07 bits per heavy atom. The Hall–Kier alpha value is -1.83. The van der Waals surface area contributed by atoms with Gasteiger partial charge in [0.15, 0.2) is 5.96 Å². The van der Waals surface area contributed by atoms with Crippen LogP contribution in [0.3, 0.4) is 0 Å². The van der Waals surface area contributed by atoms with Gasteiger partial charge in [-0.3, -0.25) is 0 Å². The van der Waals surface area contributed by atoms with Crippen LogP contribution in [-0.2, 0) is 13.1 Å². The fourth-order valence-corrected chi connectivity index (χ4v) is 3.15. The quantitative estimate of drug-likeness (QED) is 0.402. The molecule has 0 bridgehead atoms. The third-order valence-electron chi connectivity index (χ3n) is 4.62. The van der Waals surface area contributed by atoms with Crippen LogP contribution < -0.4 is 10.2 Å². The summed E-state index contributed by atoms with van der Waals surface area (Å²) in [5.41, 5.74) is 2.44. The molecule has 1 aromatic carbocycles. The highest BCUT2D eigenvalue weighted by molar-refractivity contribution is 14.0. The molecule has 0 atom stereocenters. The van der Waals surface area contributed by atoms with Crippen LogP contribution in [0.15, 0.2) is 53.7 Å². The number of hydrogen-bond donors (Lipinski definition) is 1. The lowest BCUT2D eigenvalue weighted by molar-refractivity contribution is 0.573. The molecule has 0 saturated carbocycles. The zero-order chi connectivity index (χ0) is 18.2. The Morgan fingerprint density at radius 2 is 1.81 bits per heavy atom. The van der Waals surface area contributed by atoms with E-state index < -0.39 is 0 Å². The first kappa shape index (κ1) is 21.5. The summed E-state index contributed by atoms with van der Waals surface area (Å²) in [6.07, 6.45) is 5.76. The van der Waals surface area contributed by atoms with E-state index in [4.69, 9.17) is 4.99 Å². The highest BCUT2D eigenvalue weighted by Gasteiger charge is 2.12. The molecule has 0 spiro atoms. The summed E-state index contributed by atoms with van der Waals surface area (Å²) in [6, 6.07) is 14.6. The third-order valence-corrected chi connectivity index (χ3v) is 4.62. The van der Waals surface area contributed by atoms with Gasteiger partial charge >= 0.3 is 0 Å². The van der Waals surface area contributed by atoms with Crippen molar-refractivity contribution in [3.05, 3.63) is 59.8 Å². The zero-order valence-electron chi connectivity index (χ0n) is 16.3. The highest BCUT2D eigenvalue weighted by Crippen LogP contribution is 2.18. The number of halogens is 1. The molecule has 5 nitrogen and oxygen atoms in total. The summed E-state index contributed by atoms with van der Waals surface area (Å²) in [6.45, 7) is 3.65. The maximum absolute atomic E-state index is 4.78. The Balaban J connectivity index is 0.00000261. The summed E-state index contributed by atoms with van der Waals surface area (Å²) in [5, 5.41) is 3.43. The fraction of sp³-hybridized carbons (Fsp3) is 0.429. The Kier molecular flexibility index (Phi) is 8.84. The van der Waals surface area contributed by atoms with E-state index in [2.05, 4.69) is 51.6 Å². The number of nitrogens with zero attached hydrogens (tertiary/aromatic N) is 4. The molecule has 1 fully saturated rings. The molecule has 27 heavy (non-hydrogen) atoms. The molecule has 1 aliphatic rings. The number of nitrogens with one attached hydrogen (secondary N) is 1. The van der Waals surface area contributed by atoms with Gasteiger partial charge in [-0.05, 0) is 42.5 Å². The Morgan fingerprint density at radius 3 is 2.52 bits per heavy atom. The molecule has 0 radical (unpaired) electrons. The maximum atomic E-state index is 4.78. The van der Waals surface area contributed by atoms with Crippen LogP contribution in [0.2, 0.25) is 0 Å². The van der Waals surface area contributed by atoms with Crippen molar-refractivity contribution in [2.75, 3.05) is 32.1 Å². The first-order valence-electron chi connectivity index (χ1n) is 9.42. The lowest BCUT2D eigenvalue weighted by atomic mass is 10.1. The molecule has 1 aliphatic heterocycles. The molecular weight excluding hydrogens is 449 g/mol. The molecule has 6 heteroatoms. The van der Waals surface area contributed by atoms with Crippen molar-refractivity contribution in [1.29, 1.82) is 0 Å². The Bertz CT molecular complexity index is 712. The molecule has 3 rings (SSSR count). The van der Waals surface area contributed by atoms with Gasteiger partial charge in [0.1, 0.15) is 5.82 Å². The molecule has 1 saturated heterocycles. The van der Waals surface area contributed by atoms with Crippen molar-refractivity contribution in [3.8, 4) is 0 Å². The smallest absolute Gasteiger partial charge is 0.194 e. The minimum absolute atomic E-state index is 0. The predicted octanol–water partition coefficient (Wildman–Crippen LogP) is 3.90. The summed E-state index contributed by atoms with van der Waals surface area (Å²) < 4.78 is 0. The van der Waals surface area contributed by atoms with Gasteiger partial charge in [-0.2, -0.15) is 0 Å². The van der Waals surface area contributed by atoms with Gasteiger partial charge in [-0.1, -0.05) is 30.3 Å². The molecular formula is C21H30IN5. The second kappa shape index (κ2) is 11.1. The number of piperidine rings is 1. The van der Waals surface area contributed by atoms with E-state index in [9.17, 15) is 0 Å². The molecule has 1 aromatic heterocycles. The van der Waals surface area contributed by atoms with Crippen molar-refractivity contribution >= 4 is 35.8 Å². The number of aliphatic imine (C=N–C) groups is 1. The second-order valence-corrected chi connectivity index (χ2v) is 6.94. The van der Waals surface area contributed by atoms with E-state index in [0.29, 0.717) is 6.54 Å². The number of benzene rings is 1. The SMILES string of the molecule is CN(C)C(=NCc1ccnc(N2CCCCC2)c1)NCc1ccccc1.I. The van der Waals surface area contributed by atoms with Gasteiger partial charge < -0.3 is 15.1 Å². The van der Waals surface area contributed by atoms with Crippen molar-refractivity contribution in [2.24, 2.45) is 4.99 Å². The van der Waals surface area contributed by atoms with E-state index in [1.54, 1.807) is 0 Å². The number of guanidine groups is 1. The van der Waals surface area contributed by atoms with E-state index in [-0.39, 0.29) is 24.0 Å². The molecule has 0 unspecified atom stereocenters. The molecule has 2 aromatic rings. The van der Waals surface area contributed by atoms with Crippen molar-refractivity contribution in [1.82, 2.24) is 15.2 Å². The van der Waals surface area contributed by atoms with Crippen LogP contribution in [0.5, 0.6) is 0 Å². The fourth-order valence-electron chi connectivity index (χ4n) is 3.15. The number of hydrogen-bond acceptors (Lipinski definition) is 3. The molecule has 0 aliphatic carbocycles. The normalized spacial score (nSPS) is 14.4. The maximum Gasteiger partial charge on any atom is 0.194 e. The highest BCUT2D eigenvalue weighted by atomic mass is 127. The van der Waals surface area contributed by atoms with Gasteiger partial charge in [-0.15, -0.1) is 24.0 Å². The van der Waals surface area contributed by atoms with Gasteiger partial charge in [-0.25, -0.2) is 9.98 Å². The second-order valence-electron chi connectivity index (χ2n) is 6.94. The molecule has 146 valence electrons. The lowest BCUT2D eigenvalue weighted by Gasteiger charge is -2.27. The summed E-state index contributed by atoms with van der Waals surface area (Å²) in [7, 11) is 4.03. The largest absolute Gasteiger partial charge is 0.357 e. The van der Waals surface area contributed by atoms with Gasteiger partial charge in [0.25, 0.3) is 0 Å². The molecule has 0 amide bonds. The van der Waals surface area contributed by atoms with Crippen LogP contribution in [-0.4, -0.2) is 43.0 Å². The van der Waals surface area contributed by atoms with Crippen LogP contribution in [0.1, 0.15) is 30.4 Å². The average molecular weight is 479 g/mol. The monoisotopic (exact) mass is 479 g/mol. The van der Waals surface area contributed by atoms with Crippen molar-refractivity contribution in [2.45, 2.75) is 32.4 Å². The summed E-state index contributed by atoms with van der Waals surface area (Å²) >= 11 is 0. The number of pyridine rings is 1. The van der Waals surface area contributed by atoms with Crippen molar-refractivity contribution in [3.63, 3.8) is 0 Å². The van der Waals surface area contributed by atoms with Gasteiger partial charge in [0.2, 0.25) is 0 Å². The lowest BCUT2D eigenvalue weighted by Crippen LogP contribution is -2.36. The van der Waals surface area contributed by atoms with Crippen LogP contribution >= 0.6 is 24.0 Å². The first-order chi connectivity index (χ1) is 12.7. The number of rotatable bonds is 5. The zero-order valence-corrected chi connectivity index (χ0v) is 18.6. The molecule has 2 heterocycles. The Labute approximate surface area is 179 Å². The van der Waals surface area contributed by atoms with Crippen molar-refractivity contribution < 1.29 is 0 Å². The van der Waals surface area contributed by atoms with Crippen LogP contribution in [0.4, 0.5) is 5.82 Å². The first-order valence-corrected chi connectivity index (χ1v) is 9.42. The van der Waals surface area contributed by atoms with E-state index >= 15 is 0 Å². The van der Waals surface area contributed by atoms with Crippen LogP contribution in [0.25, 0.3) is 0 Å². The summed E-state index contributed by atoms with van der Waals surface area (Å²) in [5.74, 6) is 1.98. The number of anilines is 1. The topological polar surface area (TPSA) is 43.8 Å². The molecule has 1 N–H and O–H groups in total.